The highest BCUT2D eigenvalue weighted by Gasteiger charge is 2.10. The van der Waals surface area contributed by atoms with Crippen LogP contribution >= 0.6 is 11.3 Å². The normalized spacial score (nSPS) is 12.3. The summed E-state index contributed by atoms with van der Waals surface area (Å²) in [6.45, 7) is 0. The minimum absolute atomic E-state index is 0.0383. The van der Waals surface area contributed by atoms with E-state index < -0.39 is 0 Å². The standard InChI is InChI=1S/C17H15NS/c18-17(16-10-5-11-19-16)15-9-4-8-14(12-15)13-6-2-1-3-7-13/h1-12,17H,18H2/t17-/m1/s1. The monoisotopic (exact) mass is 265 g/mol. The average Bonchev–Trinajstić information content (AvgIpc) is 3.02. The van der Waals surface area contributed by atoms with Crippen molar-refractivity contribution < 1.29 is 0 Å². The highest BCUT2D eigenvalue weighted by molar-refractivity contribution is 7.10. The molecule has 0 unspecified atom stereocenters. The molecule has 0 bridgehead atoms. The van der Waals surface area contributed by atoms with Gasteiger partial charge in [0.2, 0.25) is 0 Å². The first-order chi connectivity index (χ1) is 9.34. The number of rotatable bonds is 3. The number of thiophene rings is 1. The van der Waals surface area contributed by atoms with Crippen LogP contribution in [0.1, 0.15) is 16.5 Å². The third kappa shape index (κ3) is 2.60. The molecule has 0 saturated carbocycles. The van der Waals surface area contributed by atoms with Gasteiger partial charge >= 0.3 is 0 Å². The van der Waals surface area contributed by atoms with Crippen LogP contribution < -0.4 is 5.73 Å². The molecule has 1 atom stereocenters. The Morgan fingerprint density at radius 2 is 1.58 bits per heavy atom. The van der Waals surface area contributed by atoms with Crippen molar-refractivity contribution in [3.8, 4) is 11.1 Å². The fraction of sp³-hybridized carbons (Fsp3) is 0.0588. The van der Waals surface area contributed by atoms with Crippen LogP contribution in [0.4, 0.5) is 0 Å². The van der Waals surface area contributed by atoms with Crippen LogP contribution in [-0.4, -0.2) is 0 Å². The van der Waals surface area contributed by atoms with Gasteiger partial charge in [0, 0.05) is 4.88 Å². The molecule has 2 heteroatoms. The third-order valence-corrected chi connectivity index (χ3v) is 4.16. The lowest BCUT2D eigenvalue weighted by Crippen LogP contribution is -2.09. The minimum Gasteiger partial charge on any atom is -0.320 e. The van der Waals surface area contributed by atoms with Crippen molar-refractivity contribution in [2.45, 2.75) is 6.04 Å². The van der Waals surface area contributed by atoms with E-state index in [1.807, 2.05) is 12.1 Å². The maximum absolute atomic E-state index is 6.32. The second kappa shape index (κ2) is 5.39. The molecule has 1 nitrogen and oxygen atoms in total. The smallest absolute Gasteiger partial charge is 0.0646 e. The molecule has 3 aromatic rings. The zero-order valence-electron chi connectivity index (χ0n) is 10.5. The molecule has 0 aliphatic carbocycles. The Morgan fingerprint density at radius 3 is 2.32 bits per heavy atom. The van der Waals surface area contributed by atoms with E-state index in [4.69, 9.17) is 5.73 Å². The largest absolute Gasteiger partial charge is 0.320 e. The summed E-state index contributed by atoms with van der Waals surface area (Å²) in [6, 6.07) is 23.0. The van der Waals surface area contributed by atoms with E-state index >= 15 is 0 Å². The Hall–Kier alpha value is -1.90. The maximum atomic E-state index is 6.32. The molecular weight excluding hydrogens is 250 g/mol. The van der Waals surface area contributed by atoms with Crippen molar-refractivity contribution in [1.29, 1.82) is 0 Å². The van der Waals surface area contributed by atoms with Gasteiger partial charge in [-0.15, -0.1) is 11.3 Å². The molecule has 1 aromatic heterocycles. The van der Waals surface area contributed by atoms with Gasteiger partial charge in [0.05, 0.1) is 6.04 Å². The van der Waals surface area contributed by atoms with Crippen molar-refractivity contribution in [1.82, 2.24) is 0 Å². The van der Waals surface area contributed by atoms with Crippen molar-refractivity contribution in [3.05, 3.63) is 82.6 Å². The van der Waals surface area contributed by atoms with Crippen molar-refractivity contribution in [2.75, 3.05) is 0 Å². The van der Waals surface area contributed by atoms with Gasteiger partial charge in [-0.25, -0.2) is 0 Å². The summed E-state index contributed by atoms with van der Waals surface area (Å²) in [7, 11) is 0. The summed E-state index contributed by atoms with van der Waals surface area (Å²) < 4.78 is 0. The Balaban J connectivity index is 1.97. The fourth-order valence-electron chi connectivity index (χ4n) is 2.17. The molecule has 0 radical (unpaired) electrons. The molecule has 1 heterocycles. The Bertz CT molecular complexity index is 644. The molecule has 0 spiro atoms. The Labute approximate surface area is 117 Å². The van der Waals surface area contributed by atoms with E-state index in [0.717, 1.165) is 5.56 Å². The average molecular weight is 265 g/mol. The lowest BCUT2D eigenvalue weighted by Gasteiger charge is -2.12. The summed E-state index contributed by atoms with van der Waals surface area (Å²) >= 11 is 1.70. The van der Waals surface area contributed by atoms with E-state index in [1.165, 1.54) is 16.0 Å². The van der Waals surface area contributed by atoms with Crippen LogP contribution in [0.5, 0.6) is 0 Å². The summed E-state index contributed by atoms with van der Waals surface area (Å²) in [6.07, 6.45) is 0. The number of hydrogen-bond acceptors (Lipinski definition) is 2. The van der Waals surface area contributed by atoms with E-state index in [9.17, 15) is 0 Å². The number of hydrogen-bond donors (Lipinski definition) is 1. The van der Waals surface area contributed by atoms with Gasteiger partial charge in [0.15, 0.2) is 0 Å². The van der Waals surface area contributed by atoms with Gasteiger partial charge in [0.1, 0.15) is 0 Å². The van der Waals surface area contributed by atoms with Gasteiger partial charge in [-0.2, -0.15) is 0 Å². The molecular formula is C17H15NS. The highest BCUT2D eigenvalue weighted by atomic mass is 32.1. The van der Waals surface area contributed by atoms with E-state index in [-0.39, 0.29) is 6.04 Å². The summed E-state index contributed by atoms with van der Waals surface area (Å²) in [4.78, 5) is 1.20. The third-order valence-electron chi connectivity index (χ3n) is 3.20. The Kier molecular flexibility index (Phi) is 3.45. The topological polar surface area (TPSA) is 26.0 Å². The van der Waals surface area contributed by atoms with E-state index in [2.05, 4.69) is 60.0 Å². The van der Waals surface area contributed by atoms with Crippen LogP contribution in [-0.2, 0) is 0 Å². The predicted octanol–water partition coefficient (Wildman–Crippen LogP) is 4.46. The first-order valence-electron chi connectivity index (χ1n) is 6.29. The molecule has 19 heavy (non-hydrogen) atoms. The van der Waals surface area contributed by atoms with Crippen LogP contribution in [0.3, 0.4) is 0 Å². The van der Waals surface area contributed by atoms with Gasteiger partial charge in [-0.3, -0.25) is 0 Å². The number of nitrogens with two attached hydrogens (primary N) is 1. The molecule has 0 saturated heterocycles. The second-order valence-electron chi connectivity index (χ2n) is 4.48. The molecule has 0 fully saturated rings. The van der Waals surface area contributed by atoms with Crippen LogP contribution in [0, 0.1) is 0 Å². The maximum Gasteiger partial charge on any atom is 0.0646 e. The molecule has 3 rings (SSSR count). The van der Waals surface area contributed by atoms with Gasteiger partial charge < -0.3 is 5.73 Å². The quantitative estimate of drug-likeness (QED) is 0.743. The van der Waals surface area contributed by atoms with Crippen molar-refractivity contribution in [2.24, 2.45) is 5.73 Å². The minimum atomic E-state index is -0.0383. The van der Waals surface area contributed by atoms with Gasteiger partial charge in [-0.1, -0.05) is 54.6 Å². The van der Waals surface area contributed by atoms with Gasteiger partial charge in [0.25, 0.3) is 0 Å². The lowest BCUT2D eigenvalue weighted by molar-refractivity contribution is 0.894. The second-order valence-corrected chi connectivity index (χ2v) is 5.46. The van der Waals surface area contributed by atoms with Crippen molar-refractivity contribution >= 4 is 11.3 Å². The van der Waals surface area contributed by atoms with E-state index in [0.29, 0.717) is 0 Å². The zero-order valence-corrected chi connectivity index (χ0v) is 11.3. The molecule has 0 aliphatic heterocycles. The SMILES string of the molecule is N[C@H](c1cccc(-c2ccccc2)c1)c1cccs1. The summed E-state index contributed by atoms with van der Waals surface area (Å²) in [5.74, 6) is 0. The number of benzene rings is 2. The highest BCUT2D eigenvalue weighted by Crippen LogP contribution is 2.27. The molecule has 0 amide bonds. The molecule has 0 aliphatic rings. The summed E-state index contributed by atoms with van der Waals surface area (Å²) in [5.41, 5.74) is 9.91. The fourth-order valence-corrected chi connectivity index (χ4v) is 2.93. The Morgan fingerprint density at radius 1 is 0.789 bits per heavy atom. The predicted molar refractivity (Wildman–Crippen MR) is 82.2 cm³/mol. The molecule has 94 valence electrons. The zero-order chi connectivity index (χ0) is 13.1. The first-order valence-corrected chi connectivity index (χ1v) is 7.17. The lowest BCUT2D eigenvalue weighted by atomic mass is 9.99. The van der Waals surface area contributed by atoms with Crippen LogP contribution in [0.25, 0.3) is 11.1 Å². The van der Waals surface area contributed by atoms with Crippen LogP contribution in [0.2, 0.25) is 0 Å². The first kappa shape index (κ1) is 12.2. The molecule has 2 aromatic carbocycles. The van der Waals surface area contributed by atoms with Crippen molar-refractivity contribution in [3.63, 3.8) is 0 Å². The molecule has 2 N–H and O–H groups in total. The summed E-state index contributed by atoms with van der Waals surface area (Å²) in [5, 5.41) is 2.07. The van der Waals surface area contributed by atoms with E-state index in [1.54, 1.807) is 11.3 Å². The van der Waals surface area contributed by atoms with Crippen LogP contribution in [0.15, 0.2) is 72.1 Å². The van der Waals surface area contributed by atoms with Gasteiger partial charge in [-0.05, 0) is 34.2 Å².